The van der Waals surface area contributed by atoms with Gasteiger partial charge in [0, 0.05) is 5.75 Å². The standard InChI is InChI=1S/C17H14Cl2N2O2S/c1-11-4-2-3-5-15(11)22-9-16-20-21-17(23-16)24-10-12-6-7-13(18)14(19)8-12/h2-8H,9-10H2,1H3. The molecule has 0 saturated heterocycles. The molecule has 1 heterocycles. The van der Waals surface area contributed by atoms with Crippen molar-refractivity contribution >= 4 is 35.0 Å². The van der Waals surface area contributed by atoms with Gasteiger partial charge in [-0.25, -0.2) is 0 Å². The Morgan fingerprint density at radius 1 is 1.08 bits per heavy atom. The van der Waals surface area contributed by atoms with Gasteiger partial charge in [-0.15, -0.1) is 10.2 Å². The predicted octanol–water partition coefficient (Wildman–Crippen LogP) is 5.56. The minimum Gasteiger partial charge on any atom is -0.484 e. The summed E-state index contributed by atoms with van der Waals surface area (Å²) in [6.45, 7) is 2.23. The molecule has 0 aliphatic carbocycles. The van der Waals surface area contributed by atoms with Gasteiger partial charge in [0.15, 0.2) is 6.61 Å². The van der Waals surface area contributed by atoms with Crippen LogP contribution in [0.15, 0.2) is 52.1 Å². The molecule has 0 amide bonds. The van der Waals surface area contributed by atoms with Crippen LogP contribution in [0.3, 0.4) is 0 Å². The fourth-order valence-electron chi connectivity index (χ4n) is 1.99. The van der Waals surface area contributed by atoms with E-state index in [1.54, 1.807) is 6.07 Å². The highest BCUT2D eigenvalue weighted by Gasteiger charge is 2.09. The summed E-state index contributed by atoms with van der Waals surface area (Å²) in [7, 11) is 0. The van der Waals surface area contributed by atoms with E-state index < -0.39 is 0 Å². The number of rotatable bonds is 6. The molecule has 0 atom stereocenters. The van der Waals surface area contributed by atoms with E-state index in [-0.39, 0.29) is 6.61 Å². The van der Waals surface area contributed by atoms with E-state index in [0.29, 0.717) is 26.9 Å². The highest BCUT2D eigenvalue weighted by Crippen LogP contribution is 2.27. The summed E-state index contributed by atoms with van der Waals surface area (Å²) < 4.78 is 11.3. The van der Waals surface area contributed by atoms with Crippen LogP contribution >= 0.6 is 35.0 Å². The van der Waals surface area contributed by atoms with Gasteiger partial charge in [0.2, 0.25) is 0 Å². The van der Waals surface area contributed by atoms with Crippen molar-refractivity contribution < 1.29 is 9.15 Å². The lowest BCUT2D eigenvalue weighted by atomic mass is 10.2. The molecule has 7 heteroatoms. The molecule has 2 aromatic carbocycles. The van der Waals surface area contributed by atoms with Gasteiger partial charge in [-0.3, -0.25) is 0 Å². The van der Waals surface area contributed by atoms with Crippen molar-refractivity contribution in [2.24, 2.45) is 0 Å². The molecule has 4 nitrogen and oxygen atoms in total. The van der Waals surface area contributed by atoms with E-state index in [9.17, 15) is 0 Å². The van der Waals surface area contributed by atoms with Crippen molar-refractivity contribution in [3.8, 4) is 5.75 Å². The molecule has 0 aliphatic rings. The van der Waals surface area contributed by atoms with Crippen LogP contribution in [0.25, 0.3) is 0 Å². The number of benzene rings is 2. The molecular formula is C17H14Cl2N2O2S. The summed E-state index contributed by atoms with van der Waals surface area (Å²) in [5.74, 6) is 1.91. The van der Waals surface area contributed by atoms with Gasteiger partial charge in [0.1, 0.15) is 5.75 Å². The summed E-state index contributed by atoms with van der Waals surface area (Å²) >= 11 is 13.3. The lowest BCUT2D eigenvalue weighted by molar-refractivity contribution is 0.251. The second-order valence-electron chi connectivity index (χ2n) is 5.05. The van der Waals surface area contributed by atoms with Crippen molar-refractivity contribution in [2.45, 2.75) is 24.5 Å². The second kappa shape index (κ2) is 7.92. The summed E-state index contributed by atoms with van der Waals surface area (Å²) in [5.41, 5.74) is 2.09. The average Bonchev–Trinajstić information content (AvgIpc) is 3.03. The quantitative estimate of drug-likeness (QED) is 0.524. The number of halogens is 2. The van der Waals surface area contributed by atoms with E-state index >= 15 is 0 Å². The van der Waals surface area contributed by atoms with Crippen molar-refractivity contribution in [2.75, 3.05) is 0 Å². The molecule has 24 heavy (non-hydrogen) atoms. The maximum atomic E-state index is 6.00. The van der Waals surface area contributed by atoms with Gasteiger partial charge < -0.3 is 9.15 Å². The van der Waals surface area contributed by atoms with Gasteiger partial charge in [-0.1, -0.05) is 59.2 Å². The molecule has 0 saturated carbocycles. The zero-order valence-electron chi connectivity index (χ0n) is 12.8. The van der Waals surface area contributed by atoms with E-state index in [1.807, 2.05) is 43.3 Å². The Kier molecular flexibility index (Phi) is 5.66. The van der Waals surface area contributed by atoms with Crippen molar-refractivity contribution in [3.63, 3.8) is 0 Å². The molecule has 124 valence electrons. The molecule has 0 radical (unpaired) electrons. The van der Waals surface area contributed by atoms with Crippen LogP contribution in [0.1, 0.15) is 17.0 Å². The Bertz CT molecular complexity index is 839. The van der Waals surface area contributed by atoms with Gasteiger partial charge in [-0.05, 0) is 36.2 Å². The van der Waals surface area contributed by atoms with Gasteiger partial charge >= 0.3 is 0 Å². The monoisotopic (exact) mass is 380 g/mol. The summed E-state index contributed by atoms with van der Waals surface area (Å²) in [6, 6.07) is 13.3. The molecule has 3 rings (SSSR count). The summed E-state index contributed by atoms with van der Waals surface area (Å²) in [5, 5.41) is 9.57. The minimum absolute atomic E-state index is 0.241. The highest BCUT2D eigenvalue weighted by molar-refractivity contribution is 7.98. The number of aromatic nitrogens is 2. The van der Waals surface area contributed by atoms with Crippen LogP contribution < -0.4 is 4.74 Å². The van der Waals surface area contributed by atoms with Crippen LogP contribution in [0.4, 0.5) is 0 Å². The van der Waals surface area contributed by atoms with E-state index in [4.69, 9.17) is 32.4 Å². The Hall–Kier alpha value is -1.69. The Morgan fingerprint density at radius 2 is 1.92 bits per heavy atom. The van der Waals surface area contributed by atoms with Gasteiger partial charge in [0.25, 0.3) is 11.1 Å². The van der Waals surface area contributed by atoms with Crippen molar-refractivity contribution in [3.05, 3.63) is 69.5 Å². The fourth-order valence-corrected chi connectivity index (χ4v) is 3.03. The molecule has 0 unspecified atom stereocenters. The number of hydrogen-bond acceptors (Lipinski definition) is 5. The molecule has 1 aromatic heterocycles. The number of nitrogens with zero attached hydrogens (tertiary/aromatic N) is 2. The maximum Gasteiger partial charge on any atom is 0.277 e. The molecule has 0 bridgehead atoms. The van der Waals surface area contributed by atoms with E-state index in [2.05, 4.69) is 10.2 Å². The lowest BCUT2D eigenvalue weighted by Gasteiger charge is -2.05. The molecule has 0 aliphatic heterocycles. The first-order valence-electron chi connectivity index (χ1n) is 7.19. The van der Waals surface area contributed by atoms with Crippen LogP contribution in [0.2, 0.25) is 10.0 Å². The number of ether oxygens (including phenoxy) is 1. The van der Waals surface area contributed by atoms with Crippen molar-refractivity contribution in [1.29, 1.82) is 0 Å². The number of thioether (sulfide) groups is 1. The van der Waals surface area contributed by atoms with Gasteiger partial charge in [-0.2, -0.15) is 0 Å². The molecule has 0 spiro atoms. The maximum absolute atomic E-state index is 6.00. The predicted molar refractivity (Wildman–Crippen MR) is 95.8 cm³/mol. The third kappa shape index (κ3) is 4.44. The van der Waals surface area contributed by atoms with Gasteiger partial charge in [0.05, 0.1) is 10.0 Å². The fraction of sp³-hybridized carbons (Fsp3) is 0.176. The Labute approximate surface area is 154 Å². The first-order valence-corrected chi connectivity index (χ1v) is 8.93. The van der Waals surface area contributed by atoms with Crippen LogP contribution in [-0.4, -0.2) is 10.2 Å². The Morgan fingerprint density at radius 3 is 2.71 bits per heavy atom. The largest absolute Gasteiger partial charge is 0.484 e. The zero-order valence-corrected chi connectivity index (χ0v) is 15.2. The van der Waals surface area contributed by atoms with Crippen LogP contribution in [-0.2, 0) is 12.4 Å². The molecular weight excluding hydrogens is 367 g/mol. The van der Waals surface area contributed by atoms with Crippen LogP contribution in [0, 0.1) is 6.92 Å². The molecule has 0 fully saturated rings. The second-order valence-corrected chi connectivity index (χ2v) is 6.79. The number of aryl methyl sites for hydroxylation is 1. The topological polar surface area (TPSA) is 48.2 Å². The minimum atomic E-state index is 0.241. The summed E-state index contributed by atoms with van der Waals surface area (Å²) in [4.78, 5) is 0. The third-order valence-corrected chi connectivity index (χ3v) is 4.87. The highest BCUT2D eigenvalue weighted by atomic mass is 35.5. The number of hydrogen-bond donors (Lipinski definition) is 0. The zero-order chi connectivity index (χ0) is 16.9. The smallest absolute Gasteiger partial charge is 0.277 e. The first kappa shape index (κ1) is 17.1. The van der Waals surface area contributed by atoms with E-state index in [1.165, 1.54) is 11.8 Å². The molecule has 3 aromatic rings. The van der Waals surface area contributed by atoms with Crippen molar-refractivity contribution in [1.82, 2.24) is 10.2 Å². The average molecular weight is 381 g/mol. The van der Waals surface area contributed by atoms with Crippen LogP contribution in [0.5, 0.6) is 5.75 Å². The SMILES string of the molecule is Cc1ccccc1OCc1nnc(SCc2ccc(Cl)c(Cl)c2)o1. The third-order valence-electron chi connectivity index (χ3n) is 3.24. The Balaban J connectivity index is 1.55. The number of para-hydroxylation sites is 1. The normalized spacial score (nSPS) is 10.8. The molecule has 0 N–H and O–H groups in total. The lowest BCUT2D eigenvalue weighted by Crippen LogP contribution is -1.97. The first-order chi connectivity index (χ1) is 11.6. The van der Waals surface area contributed by atoms with E-state index in [0.717, 1.165) is 16.9 Å². The summed E-state index contributed by atoms with van der Waals surface area (Å²) in [6.07, 6.45) is 0.